The summed E-state index contributed by atoms with van der Waals surface area (Å²) in [6.45, 7) is 2.93. The monoisotopic (exact) mass is 375 g/mol. The predicted octanol–water partition coefficient (Wildman–Crippen LogP) is 4.61. The van der Waals surface area contributed by atoms with Crippen LogP contribution in [0.25, 0.3) is 6.08 Å². The lowest BCUT2D eigenvalue weighted by atomic mass is 9.81. The molecule has 5 nitrogen and oxygen atoms in total. The molecule has 6 heteroatoms. The average molecular weight is 375 g/mol. The van der Waals surface area contributed by atoms with Crippen molar-refractivity contribution in [3.8, 4) is 11.5 Å². The Morgan fingerprint density at radius 1 is 1.23 bits per heavy atom. The number of imide groups is 1. The van der Waals surface area contributed by atoms with Crippen molar-refractivity contribution in [2.24, 2.45) is 11.8 Å². The molecule has 26 heavy (non-hydrogen) atoms. The van der Waals surface area contributed by atoms with Gasteiger partial charge < -0.3 is 9.47 Å². The molecule has 1 aromatic rings. The van der Waals surface area contributed by atoms with Crippen molar-refractivity contribution in [3.05, 3.63) is 28.7 Å². The standard InChI is InChI=1S/C20H25NO4S/c1-13(15-6-4-3-5-7-15)12-25-16-9-8-14(10-17(16)24-2)11-18-19(22)21-20(23)26-18/h8-11,13,15H,3-7,12H2,1-2H3,(H,21,22,23). The van der Waals surface area contributed by atoms with Crippen LogP contribution in [0.4, 0.5) is 4.79 Å². The molecule has 1 atom stereocenters. The van der Waals surface area contributed by atoms with E-state index in [0.29, 0.717) is 28.9 Å². The first-order valence-electron chi connectivity index (χ1n) is 9.12. The van der Waals surface area contributed by atoms with Crippen LogP contribution < -0.4 is 14.8 Å². The van der Waals surface area contributed by atoms with Gasteiger partial charge in [0.15, 0.2) is 11.5 Å². The van der Waals surface area contributed by atoms with Crippen molar-refractivity contribution < 1.29 is 19.1 Å². The van der Waals surface area contributed by atoms with Crippen LogP contribution in [0.1, 0.15) is 44.6 Å². The highest BCUT2D eigenvalue weighted by Gasteiger charge is 2.25. The quantitative estimate of drug-likeness (QED) is 0.735. The molecule has 2 aliphatic rings. The largest absolute Gasteiger partial charge is 0.493 e. The van der Waals surface area contributed by atoms with Crippen molar-refractivity contribution in [2.45, 2.75) is 39.0 Å². The van der Waals surface area contributed by atoms with E-state index in [1.54, 1.807) is 13.2 Å². The molecule has 140 valence electrons. The maximum atomic E-state index is 11.7. The van der Waals surface area contributed by atoms with Crippen LogP contribution in [0.5, 0.6) is 11.5 Å². The van der Waals surface area contributed by atoms with Gasteiger partial charge in [0, 0.05) is 0 Å². The van der Waals surface area contributed by atoms with Crippen molar-refractivity contribution >= 4 is 29.0 Å². The number of rotatable bonds is 6. The van der Waals surface area contributed by atoms with E-state index in [0.717, 1.165) is 23.2 Å². The Morgan fingerprint density at radius 3 is 2.65 bits per heavy atom. The van der Waals surface area contributed by atoms with E-state index in [1.807, 2.05) is 18.2 Å². The van der Waals surface area contributed by atoms with Gasteiger partial charge in [0.25, 0.3) is 11.1 Å². The van der Waals surface area contributed by atoms with Gasteiger partial charge in [0.1, 0.15) is 0 Å². The van der Waals surface area contributed by atoms with E-state index in [1.165, 1.54) is 32.1 Å². The smallest absolute Gasteiger partial charge is 0.290 e. The zero-order valence-electron chi connectivity index (χ0n) is 15.2. The van der Waals surface area contributed by atoms with E-state index in [-0.39, 0.29) is 11.1 Å². The highest BCUT2D eigenvalue weighted by molar-refractivity contribution is 8.18. The zero-order chi connectivity index (χ0) is 18.5. The molecule has 1 aliphatic heterocycles. The number of benzene rings is 1. The number of methoxy groups -OCH3 is 1. The predicted molar refractivity (Wildman–Crippen MR) is 103 cm³/mol. The first-order chi connectivity index (χ1) is 12.6. The Bertz CT molecular complexity index is 710. The summed E-state index contributed by atoms with van der Waals surface area (Å²) in [6, 6.07) is 5.55. The lowest BCUT2D eigenvalue weighted by molar-refractivity contribution is -0.115. The van der Waals surface area contributed by atoms with Crippen molar-refractivity contribution in [1.82, 2.24) is 5.32 Å². The van der Waals surface area contributed by atoms with Crippen LogP contribution in [-0.4, -0.2) is 24.9 Å². The first-order valence-corrected chi connectivity index (χ1v) is 9.94. The molecular weight excluding hydrogens is 350 g/mol. The molecule has 1 heterocycles. The van der Waals surface area contributed by atoms with E-state index in [4.69, 9.17) is 9.47 Å². The molecule has 1 saturated heterocycles. The normalized spacial score (nSPS) is 20.9. The lowest BCUT2D eigenvalue weighted by Gasteiger charge is -2.27. The van der Waals surface area contributed by atoms with E-state index in [9.17, 15) is 9.59 Å². The second kappa shape index (κ2) is 8.62. The summed E-state index contributed by atoms with van der Waals surface area (Å²) in [5, 5.41) is 1.91. The summed E-state index contributed by atoms with van der Waals surface area (Å²) < 4.78 is 11.5. The number of carbonyl (C=O) groups excluding carboxylic acids is 2. The number of thioether (sulfide) groups is 1. The van der Waals surface area contributed by atoms with Crippen molar-refractivity contribution in [3.63, 3.8) is 0 Å². The van der Waals surface area contributed by atoms with Crippen LogP contribution in [0, 0.1) is 11.8 Å². The number of hydrogen-bond donors (Lipinski definition) is 1. The number of hydrogen-bond acceptors (Lipinski definition) is 5. The summed E-state index contributed by atoms with van der Waals surface area (Å²) in [6.07, 6.45) is 8.30. The fourth-order valence-corrected chi connectivity index (χ4v) is 4.21. The third-order valence-electron chi connectivity index (χ3n) is 5.08. The second-order valence-electron chi connectivity index (χ2n) is 6.95. The Morgan fingerprint density at radius 2 is 2.00 bits per heavy atom. The Balaban J connectivity index is 1.66. The van der Waals surface area contributed by atoms with Gasteiger partial charge in [-0.25, -0.2) is 0 Å². The van der Waals surface area contributed by atoms with E-state index in [2.05, 4.69) is 12.2 Å². The van der Waals surface area contributed by atoms with Crippen LogP contribution >= 0.6 is 11.8 Å². The summed E-state index contributed by atoms with van der Waals surface area (Å²) in [5.41, 5.74) is 0.793. The minimum Gasteiger partial charge on any atom is -0.493 e. The van der Waals surface area contributed by atoms with Crippen molar-refractivity contribution in [1.29, 1.82) is 0 Å². The molecule has 1 unspecified atom stereocenters. The van der Waals surface area contributed by atoms with Crippen LogP contribution in [0.3, 0.4) is 0 Å². The highest BCUT2D eigenvalue weighted by Crippen LogP contribution is 2.34. The van der Waals surface area contributed by atoms with E-state index < -0.39 is 0 Å². The molecule has 0 spiro atoms. The number of nitrogens with one attached hydrogen (secondary N) is 1. The third kappa shape index (κ3) is 4.61. The van der Waals surface area contributed by atoms with Gasteiger partial charge in [0.05, 0.1) is 18.6 Å². The maximum absolute atomic E-state index is 11.7. The van der Waals surface area contributed by atoms with Gasteiger partial charge in [-0.15, -0.1) is 0 Å². The molecule has 0 radical (unpaired) electrons. The number of amides is 2. The summed E-state index contributed by atoms with van der Waals surface area (Å²) in [4.78, 5) is 23.3. The molecular formula is C20H25NO4S. The average Bonchev–Trinajstić information content (AvgIpc) is 2.97. The molecule has 2 amide bonds. The highest BCUT2D eigenvalue weighted by atomic mass is 32.2. The molecule has 1 aromatic carbocycles. The van der Waals surface area contributed by atoms with Crippen LogP contribution in [0.15, 0.2) is 23.1 Å². The Hall–Kier alpha value is -1.95. The van der Waals surface area contributed by atoms with E-state index >= 15 is 0 Å². The van der Waals surface area contributed by atoms with Crippen LogP contribution in [0.2, 0.25) is 0 Å². The minimum atomic E-state index is -0.361. The van der Waals surface area contributed by atoms with Gasteiger partial charge in [-0.2, -0.15) is 0 Å². The summed E-state index contributed by atoms with van der Waals surface area (Å²) in [7, 11) is 1.60. The first kappa shape index (κ1) is 18.8. The zero-order valence-corrected chi connectivity index (χ0v) is 16.1. The van der Waals surface area contributed by atoms with Gasteiger partial charge in [-0.05, 0) is 47.4 Å². The Labute approximate surface area is 158 Å². The van der Waals surface area contributed by atoms with Crippen LogP contribution in [-0.2, 0) is 4.79 Å². The van der Waals surface area contributed by atoms with Crippen molar-refractivity contribution in [2.75, 3.05) is 13.7 Å². The summed E-state index contributed by atoms with van der Waals surface area (Å²) >= 11 is 0.906. The molecule has 1 aliphatic carbocycles. The van der Waals surface area contributed by atoms with Gasteiger partial charge in [-0.3, -0.25) is 14.9 Å². The van der Waals surface area contributed by atoms with Gasteiger partial charge in [-0.1, -0.05) is 45.1 Å². The topological polar surface area (TPSA) is 64.6 Å². The molecule has 2 fully saturated rings. The fraction of sp³-hybridized carbons (Fsp3) is 0.500. The Kier molecular flexibility index (Phi) is 6.25. The lowest BCUT2D eigenvalue weighted by Crippen LogP contribution is -2.21. The SMILES string of the molecule is COc1cc(C=C2SC(=O)NC2=O)ccc1OCC(C)C1CCCCC1. The van der Waals surface area contributed by atoms with Gasteiger partial charge in [0.2, 0.25) is 0 Å². The second-order valence-corrected chi connectivity index (χ2v) is 7.96. The molecule has 1 saturated carbocycles. The van der Waals surface area contributed by atoms with Gasteiger partial charge >= 0.3 is 0 Å². The molecule has 3 rings (SSSR count). The molecule has 1 N–H and O–H groups in total. The maximum Gasteiger partial charge on any atom is 0.290 e. The fourth-order valence-electron chi connectivity index (χ4n) is 3.53. The summed E-state index contributed by atoms with van der Waals surface area (Å²) in [5.74, 6) is 2.24. The number of ether oxygens (including phenoxy) is 2. The molecule has 0 bridgehead atoms. The minimum absolute atomic E-state index is 0.343. The molecule has 0 aromatic heterocycles. The number of carbonyl (C=O) groups is 2. The third-order valence-corrected chi connectivity index (χ3v) is 5.89.